The Labute approximate surface area is 113 Å². The summed E-state index contributed by atoms with van der Waals surface area (Å²) in [4.78, 5) is 12.3. The summed E-state index contributed by atoms with van der Waals surface area (Å²) in [5.41, 5.74) is -0.143. The summed E-state index contributed by atoms with van der Waals surface area (Å²) in [5.74, 6) is 0.626. The molecular weight excluding hydrogens is 246 g/mol. The topological polar surface area (TPSA) is 67.8 Å². The van der Waals surface area contributed by atoms with Crippen LogP contribution in [0.4, 0.5) is 0 Å². The van der Waals surface area contributed by atoms with E-state index in [1.54, 1.807) is 18.2 Å². The van der Waals surface area contributed by atoms with Gasteiger partial charge >= 0.3 is 0 Å². The van der Waals surface area contributed by atoms with E-state index >= 15 is 0 Å². The molecule has 0 radical (unpaired) electrons. The normalized spacial score (nSPS) is 11.0. The summed E-state index contributed by atoms with van der Waals surface area (Å²) in [7, 11) is 3.01. The van der Waals surface area contributed by atoms with Gasteiger partial charge in [0.15, 0.2) is 0 Å². The number of methoxy groups -OCH3 is 2. The average Bonchev–Trinajstić information content (AvgIpc) is 2.36. The highest BCUT2D eigenvalue weighted by atomic mass is 16.5. The number of aliphatic hydroxyl groups excluding tert-OH is 1. The van der Waals surface area contributed by atoms with Crippen LogP contribution in [0.2, 0.25) is 0 Å². The predicted molar refractivity (Wildman–Crippen MR) is 72.8 cm³/mol. The van der Waals surface area contributed by atoms with Gasteiger partial charge in [0.2, 0.25) is 0 Å². The molecule has 0 saturated carbocycles. The first-order valence-electron chi connectivity index (χ1n) is 6.09. The quantitative estimate of drug-likeness (QED) is 0.821. The third kappa shape index (κ3) is 3.86. The molecule has 0 spiro atoms. The van der Waals surface area contributed by atoms with Crippen LogP contribution in [0.1, 0.15) is 30.6 Å². The van der Waals surface area contributed by atoms with Gasteiger partial charge in [-0.05, 0) is 32.4 Å². The highest BCUT2D eigenvalue weighted by molar-refractivity contribution is 6.00. The Morgan fingerprint density at radius 1 is 1.26 bits per heavy atom. The lowest BCUT2D eigenvalue weighted by Gasteiger charge is -2.26. The second-order valence-electron chi connectivity index (χ2n) is 4.85. The smallest absolute Gasteiger partial charge is 0.259 e. The van der Waals surface area contributed by atoms with Crippen LogP contribution in [0.3, 0.4) is 0 Å². The molecule has 19 heavy (non-hydrogen) atoms. The minimum Gasteiger partial charge on any atom is -0.496 e. The number of hydrogen-bond acceptors (Lipinski definition) is 4. The zero-order valence-corrected chi connectivity index (χ0v) is 11.8. The second kappa shape index (κ2) is 6.43. The number of ether oxygens (including phenoxy) is 2. The molecule has 5 nitrogen and oxygen atoms in total. The van der Waals surface area contributed by atoms with Gasteiger partial charge in [0.25, 0.3) is 5.91 Å². The first-order chi connectivity index (χ1) is 8.95. The molecular formula is C14H21NO4. The lowest BCUT2D eigenvalue weighted by atomic mass is 10.00. The fourth-order valence-electron chi connectivity index (χ4n) is 1.79. The molecule has 0 fully saturated rings. The maximum Gasteiger partial charge on any atom is 0.259 e. The molecule has 0 heterocycles. The summed E-state index contributed by atoms with van der Waals surface area (Å²) in [6.45, 7) is 3.71. The zero-order valence-electron chi connectivity index (χ0n) is 11.8. The summed E-state index contributed by atoms with van der Waals surface area (Å²) in [6, 6.07) is 5.17. The Bertz CT molecular complexity index is 421. The largest absolute Gasteiger partial charge is 0.496 e. The van der Waals surface area contributed by atoms with E-state index in [9.17, 15) is 4.79 Å². The van der Waals surface area contributed by atoms with Crippen molar-refractivity contribution in [3.8, 4) is 11.5 Å². The molecule has 0 saturated heterocycles. The van der Waals surface area contributed by atoms with Crippen molar-refractivity contribution >= 4 is 5.91 Å². The van der Waals surface area contributed by atoms with E-state index in [2.05, 4.69) is 5.32 Å². The van der Waals surface area contributed by atoms with Crippen molar-refractivity contribution in [3.05, 3.63) is 23.8 Å². The van der Waals surface area contributed by atoms with Gasteiger partial charge in [0.1, 0.15) is 17.1 Å². The van der Waals surface area contributed by atoms with Gasteiger partial charge in [-0.25, -0.2) is 0 Å². The molecule has 1 aromatic rings. The van der Waals surface area contributed by atoms with Crippen molar-refractivity contribution in [2.45, 2.75) is 25.8 Å². The van der Waals surface area contributed by atoms with Crippen molar-refractivity contribution in [2.24, 2.45) is 0 Å². The van der Waals surface area contributed by atoms with Crippen LogP contribution >= 0.6 is 0 Å². The number of benzene rings is 1. The number of aliphatic hydroxyl groups is 1. The number of hydrogen-bond donors (Lipinski definition) is 2. The Balaban J connectivity index is 3.05. The molecule has 0 bridgehead atoms. The zero-order chi connectivity index (χ0) is 14.5. The van der Waals surface area contributed by atoms with E-state index < -0.39 is 5.54 Å². The van der Waals surface area contributed by atoms with Crippen LogP contribution in [0.25, 0.3) is 0 Å². The van der Waals surface area contributed by atoms with E-state index in [-0.39, 0.29) is 12.5 Å². The summed E-state index contributed by atoms with van der Waals surface area (Å²) >= 11 is 0. The van der Waals surface area contributed by atoms with E-state index in [4.69, 9.17) is 14.6 Å². The first kappa shape index (κ1) is 15.3. The van der Waals surface area contributed by atoms with Gasteiger partial charge in [-0.15, -0.1) is 0 Å². The van der Waals surface area contributed by atoms with Crippen molar-refractivity contribution < 1.29 is 19.4 Å². The number of carbonyl (C=O) groups excluding carboxylic acids is 1. The fraction of sp³-hybridized carbons (Fsp3) is 0.500. The van der Waals surface area contributed by atoms with Crippen molar-refractivity contribution in [2.75, 3.05) is 20.8 Å². The lowest BCUT2D eigenvalue weighted by molar-refractivity contribution is 0.0893. The minimum atomic E-state index is -0.502. The van der Waals surface area contributed by atoms with Gasteiger partial charge in [0.05, 0.1) is 14.2 Å². The fourth-order valence-corrected chi connectivity index (χ4v) is 1.79. The molecule has 1 aromatic carbocycles. The van der Waals surface area contributed by atoms with Crippen molar-refractivity contribution in [1.29, 1.82) is 0 Å². The molecule has 0 aliphatic rings. The van der Waals surface area contributed by atoms with Gasteiger partial charge < -0.3 is 19.9 Å². The molecule has 1 amide bonds. The van der Waals surface area contributed by atoms with Crippen molar-refractivity contribution in [3.63, 3.8) is 0 Å². The molecule has 106 valence electrons. The highest BCUT2D eigenvalue weighted by Gasteiger charge is 2.25. The number of amides is 1. The summed E-state index contributed by atoms with van der Waals surface area (Å²) < 4.78 is 10.4. The Kier molecular flexibility index (Phi) is 5.18. The monoisotopic (exact) mass is 267 g/mol. The molecule has 0 aliphatic carbocycles. The number of rotatable bonds is 6. The maximum atomic E-state index is 12.3. The standard InChI is InChI=1S/C14H21NO4/c1-14(2,8-9-16)15-13(17)12-10(18-3)6-5-7-11(12)19-4/h5-7,16H,8-9H2,1-4H3,(H,15,17). The van der Waals surface area contributed by atoms with E-state index in [0.29, 0.717) is 23.5 Å². The molecule has 0 aliphatic heterocycles. The molecule has 0 atom stereocenters. The summed E-state index contributed by atoms with van der Waals surface area (Å²) in [6.07, 6.45) is 0.468. The third-order valence-electron chi connectivity index (χ3n) is 2.84. The SMILES string of the molecule is COc1cccc(OC)c1C(=O)NC(C)(C)CCO. The molecule has 1 rings (SSSR count). The van der Waals surface area contributed by atoms with Crippen LogP contribution in [0.5, 0.6) is 11.5 Å². The Morgan fingerprint density at radius 3 is 2.21 bits per heavy atom. The average molecular weight is 267 g/mol. The number of nitrogens with one attached hydrogen (secondary N) is 1. The predicted octanol–water partition coefficient (Wildman–Crippen LogP) is 1.59. The van der Waals surface area contributed by atoms with Crippen LogP contribution in [-0.2, 0) is 0 Å². The Morgan fingerprint density at radius 2 is 1.79 bits per heavy atom. The van der Waals surface area contributed by atoms with E-state index in [0.717, 1.165) is 0 Å². The Hall–Kier alpha value is -1.75. The molecule has 0 unspecified atom stereocenters. The van der Waals surface area contributed by atoms with E-state index in [1.165, 1.54) is 14.2 Å². The van der Waals surface area contributed by atoms with Crippen LogP contribution in [-0.4, -0.2) is 37.4 Å². The number of carbonyl (C=O) groups is 1. The lowest BCUT2D eigenvalue weighted by Crippen LogP contribution is -2.44. The molecule has 5 heteroatoms. The van der Waals surface area contributed by atoms with Gasteiger partial charge in [-0.2, -0.15) is 0 Å². The highest BCUT2D eigenvalue weighted by Crippen LogP contribution is 2.28. The van der Waals surface area contributed by atoms with Gasteiger partial charge in [0, 0.05) is 12.1 Å². The van der Waals surface area contributed by atoms with Gasteiger partial charge in [-0.3, -0.25) is 4.79 Å². The summed E-state index contributed by atoms with van der Waals surface area (Å²) in [5, 5.41) is 11.9. The van der Waals surface area contributed by atoms with Crippen LogP contribution in [0, 0.1) is 0 Å². The van der Waals surface area contributed by atoms with Crippen LogP contribution < -0.4 is 14.8 Å². The van der Waals surface area contributed by atoms with Crippen molar-refractivity contribution in [1.82, 2.24) is 5.32 Å². The van der Waals surface area contributed by atoms with E-state index in [1.807, 2.05) is 13.8 Å². The van der Waals surface area contributed by atoms with Crippen LogP contribution in [0.15, 0.2) is 18.2 Å². The van der Waals surface area contributed by atoms with Gasteiger partial charge in [-0.1, -0.05) is 6.07 Å². The maximum absolute atomic E-state index is 12.3. The third-order valence-corrected chi connectivity index (χ3v) is 2.84. The first-order valence-corrected chi connectivity index (χ1v) is 6.09. The minimum absolute atomic E-state index is 0.0103. The molecule has 0 aromatic heterocycles. The second-order valence-corrected chi connectivity index (χ2v) is 4.85. The molecule has 2 N–H and O–H groups in total.